The van der Waals surface area contributed by atoms with Crippen LogP contribution in [0.1, 0.15) is 15.9 Å². The first kappa shape index (κ1) is 14.6. The topological polar surface area (TPSA) is 40.6 Å². The fourth-order valence-electron chi connectivity index (χ4n) is 2.27. The van der Waals surface area contributed by atoms with E-state index in [1.54, 1.807) is 28.0 Å². The van der Waals surface area contributed by atoms with Crippen molar-refractivity contribution in [2.45, 2.75) is 6.92 Å². The van der Waals surface area contributed by atoms with E-state index in [0.717, 1.165) is 5.56 Å². The number of hydrogen-bond donors (Lipinski definition) is 0. The molecule has 0 spiro atoms. The monoisotopic (exact) mass is 292 g/mol. The first-order valence-corrected chi connectivity index (χ1v) is 6.88. The minimum Gasteiger partial charge on any atom is -0.336 e. The molecule has 2 amide bonds. The normalized spacial score (nSPS) is 15.1. The number of nitrogens with zero attached hydrogens (tertiary/aromatic N) is 2. The third-order valence-electron chi connectivity index (χ3n) is 3.55. The highest BCUT2D eigenvalue weighted by Gasteiger charge is 2.24. The van der Waals surface area contributed by atoms with Gasteiger partial charge in [0.1, 0.15) is 0 Å². The molecule has 1 saturated heterocycles. The SMILES string of the molecule is C=CC(=O)N1CCN(C(=O)c2cccc(Cl)c2C)CC1. The Labute approximate surface area is 123 Å². The van der Waals surface area contributed by atoms with Crippen molar-refractivity contribution in [3.05, 3.63) is 47.0 Å². The van der Waals surface area contributed by atoms with Crippen LogP contribution in [-0.4, -0.2) is 47.8 Å². The molecule has 5 heteroatoms. The molecule has 1 heterocycles. The van der Waals surface area contributed by atoms with Gasteiger partial charge in [-0.05, 0) is 30.7 Å². The second-order valence-corrected chi connectivity index (χ2v) is 5.14. The predicted octanol–water partition coefficient (Wildman–Crippen LogP) is 2.12. The second kappa shape index (κ2) is 6.09. The van der Waals surface area contributed by atoms with Crippen molar-refractivity contribution in [1.82, 2.24) is 9.80 Å². The summed E-state index contributed by atoms with van der Waals surface area (Å²) < 4.78 is 0. The fourth-order valence-corrected chi connectivity index (χ4v) is 2.44. The number of rotatable bonds is 2. The largest absolute Gasteiger partial charge is 0.336 e. The number of halogens is 1. The van der Waals surface area contributed by atoms with Crippen molar-refractivity contribution < 1.29 is 9.59 Å². The molecular formula is C15H17ClN2O2. The molecule has 0 bridgehead atoms. The molecule has 0 unspecified atom stereocenters. The lowest BCUT2D eigenvalue weighted by Gasteiger charge is -2.34. The van der Waals surface area contributed by atoms with Gasteiger partial charge in [0.15, 0.2) is 0 Å². The van der Waals surface area contributed by atoms with Crippen molar-refractivity contribution in [1.29, 1.82) is 0 Å². The van der Waals surface area contributed by atoms with E-state index in [9.17, 15) is 9.59 Å². The molecule has 1 fully saturated rings. The van der Waals surface area contributed by atoms with Crippen LogP contribution in [0.5, 0.6) is 0 Å². The van der Waals surface area contributed by atoms with Crippen LogP contribution in [0.3, 0.4) is 0 Å². The summed E-state index contributed by atoms with van der Waals surface area (Å²) in [5.41, 5.74) is 1.42. The van der Waals surface area contributed by atoms with Gasteiger partial charge in [0.25, 0.3) is 5.91 Å². The molecule has 0 aromatic heterocycles. The molecule has 0 N–H and O–H groups in total. The van der Waals surface area contributed by atoms with E-state index in [-0.39, 0.29) is 11.8 Å². The van der Waals surface area contributed by atoms with E-state index in [4.69, 9.17) is 11.6 Å². The van der Waals surface area contributed by atoms with Gasteiger partial charge in [-0.1, -0.05) is 24.2 Å². The summed E-state index contributed by atoms with van der Waals surface area (Å²) in [4.78, 5) is 27.4. The Morgan fingerprint density at radius 1 is 1.20 bits per heavy atom. The van der Waals surface area contributed by atoms with Crippen molar-refractivity contribution in [2.24, 2.45) is 0 Å². The fraction of sp³-hybridized carbons (Fsp3) is 0.333. The highest BCUT2D eigenvalue weighted by molar-refractivity contribution is 6.31. The van der Waals surface area contributed by atoms with Crippen LogP contribution in [0.4, 0.5) is 0 Å². The van der Waals surface area contributed by atoms with E-state index in [1.165, 1.54) is 6.08 Å². The molecule has 1 aliphatic heterocycles. The Morgan fingerprint density at radius 3 is 2.40 bits per heavy atom. The van der Waals surface area contributed by atoms with Crippen molar-refractivity contribution in [3.63, 3.8) is 0 Å². The van der Waals surface area contributed by atoms with Gasteiger partial charge in [0, 0.05) is 36.8 Å². The van der Waals surface area contributed by atoms with E-state index >= 15 is 0 Å². The van der Waals surface area contributed by atoms with E-state index < -0.39 is 0 Å². The standard InChI is InChI=1S/C15H17ClN2O2/c1-3-14(19)17-7-9-18(10-8-17)15(20)12-5-4-6-13(16)11(12)2/h3-6H,1,7-10H2,2H3. The summed E-state index contributed by atoms with van der Waals surface area (Å²) in [6.07, 6.45) is 1.30. The Bertz CT molecular complexity index is 549. The van der Waals surface area contributed by atoms with Gasteiger partial charge < -0.3 is 9.80 Å². The number of benzene rings is 1. The molecule has 0 atom stereocenters. The van der Waals surface area contributed by atoms with Gasteiger partial charge in [0.05, 0.1) is 0 Å². The summed E-state index contributed by atoms with van der Waals surface area (Å²) in [5.74, 6) is -0.119. The van der Waals surface area contributed by atoms with Gasteiger partial charge in [-0.25, -0.2) is 0 Å². The second-order valence-electron chi connectivity index (χ2n) is 4.73. The van der Waals surface area contributed by atoms with Gasteiger partial charge >= 0.3 is 0 Å². The van der Waals surface area contributed by atoms with Crippen LogP contribution in [0, 0.1) is 6.92 Å². The van der Waals surface area contributed by atoms with Crippen LogP contribution >= 0.6 is 11.6 Å². The Hall–Kier alpha value is -1.81. The van der Waals surface area contributed by atoms with E-state index in [1.807, 2.05) is 6.92 Å². The maximum atomic E-state index is 12.5. The van der Waals surface area contributed by atoms with Gasteiger partial charge in [-0.15, -0.1) is 0 Å². The number of piperazine rings is 1. The first-order chi connectivity index (χ1) is 9.54. The maximum Gasteiger partial charge on any atom is 0.254 e. The smallest absolute Gasteiger partial charge is 0.254 e. The van der Waals surface area contributed by atoms with Crippen LogP contribution < -0.4 is 0 Å². The highest BCUT2D eigenvalue weighted by atomic mass is 35.5. The molecule has 106 valence electrons. The minimum absolute atomic E-state index is 0.0318. The number of carbonyl (C=O) groups is 2. The molecule has 1 aromatic rings. The minimum atomic E-state index is -0.0870. The predicted molar refractivity (Wildman–Crippen MR) is 78.9 cm³/mol. The first-order valence-electron chi connectivity index (χ1n) is 6.50. The third kappa shape index (κ3) is 2.85. The molecular weight excluding hydrogens is 276 g/mol. The molecule has 4 nitrogen and oxygen atoms in total. The van der Waals surface area contributed by atoms with Gasteiger partial charge in [-0.3, -0.25) is 9.59 Å². The van der Waals surface area contributed by atoms with E-state index in [0.29, 0.717) is 36.8 Å². The number of hydrogen-bond acceptors (Lipinski definition) is 2. The summed E-state index contributed by atoms with van der Waals surface area (Å²) in [6.45, 7) is 7.45. The zero-order valence-corrected chi connectivity index (χ0v) is 12.2. The average Bonchev–Trinajstić information content (AvgIpc) is 2.48. The Morgan fingerprint density at radius 2 is 1.80 bits per heavy atom. The number of carbonyl (C=O) groups excluding carboxylic acids is 2. The summed E-state index contributed by atoms with van der Waals surface area (Å²) >= 11 is 6.05. The van der Waals surface area contributed by atoms with Crippen LogP contribution in [-0.2, 0) is 4.79 Å². The quantitative estimate of drug-likeness (QED) is 0.784. The zero-order valence-electron chi connectivity index (χ0n) is 11.4. The molecule has 1 aromatic carbocycles. The summed E-state index contributed by atoms with van der Waals surface area (Å²) in [7, 11) is 0. The van der Waals surface area contributed by atoms with Crippen LogP contribution in [0.25, 0.3) is 0 Å². The lowest BCUT2D eigenvalue weighted by Crippen LogP contribution is -2.50. The third-order valence-corrected chi connectivity index (χ3v) is 3.96. The van der Waals surface area contributed by atoms with Crippen molar-refractivity contribution in [2.75, 3.05) is 26.2 Å². The highest BCUT2D eigenvalue weighted by Crippen LogP contribution is 2.20. The average molecular weight is 293 g/mol. The molecule has 0 radical (unpaired) electrons. The maximum absolute atomic E-state index is 12.5. The lowest BCUT2D eigenvalue weighted by atomic mass is 10.1. The molecule has 2 rings (SSSR count). The van der Waals surface area contributed by atoms with E-state index in [2.05, 4.69) is 6.58 Å². The molecule has 20 heavy (non-hydrogen) atoms. The Balaban J connectivity index is 2.07. The van der Waals surface area contributed by atoms with Crippen LogP contribution in [0.2, 0.25) is 5.02 Å². The Kier molecular flexibility index (Phi) is 4.45. The van der Waals surface area contributed by atoms with Crippen molar-refractivity contribution in [3.8, 4) is 0 Å². The molecule has 1 aliphatic rings. The number of amides is 2. The summed E-state index contributed by atoms with van der Waals surface area (Å²) in [6, 6.07) is 5.33. The summed E-state index contributed by atoms with van der Waals surface area (Å²) in [5, 5.41) is 0.594. The lowest BCUT2D eigenvalue weighted by molar-refractivity contribution is -0.127. The van der Waals surface area contributed by atoms with Gasteiger partial charge in [-0.2, -0.15) is 0 Å². The van der Waals surface area contributed by atoms with Crippen LogP contribution in [0.15, 0.2) is 30.9 Å². The molecule has 0 saturated carbocycles. The zero-order chi connectivity index (χ0) is 14.7. The van der Waals surface area contributed by atoms with Crippen molar-refractivity contribution >= 4 is 23.4 Å². The molecule has 0 aliphatic carbocycles. The van der Waals surface area contributed by atoms with Gasteiger partial charge in [0.2, 0.25) is 5.91 Å².